The molecule has 21 heavy (non-hydrogen) atoms. The number of hydrogen-bond acceptors (Lipinski definition) is 2. The normalized spacial score (nSPS) is 22.0. The van der Waals surface area contributed by atoms with Crippen molar-refractivity contribution >= 4 is 33.6 Å². The van der Waals surface area contributed by atoms with Gasteiger partial charge in [0, 0.05) is 17.1 Å². The van der Waals surface area contributed by atoms with Crippen molar-refractivity contribution in [2.45, 2.75) is 32.7 Å². The summed E-state index contributed by atoms with van der Waals surface area (Å²) in [5.74, 6) is -1.13. The lowest BCUT2D eigenvalue weighted by molar-refractivity contribution is -0.143. The van der Waals surface area contributed by atoms with Crippen LogP contribution in [0.25, 0.3) is 0 Å². The van der Waals surface area contributed by atoms with Gasteiger partial charge in [-0.05, 0) is 60.3 Å². The molecule has 2 amide bonds. The summed E-state index contributed by atoms with van der Waals surface area (Å²) in [6.45, 7) is 4.32. The van der Waals surface area contributed by atoms with Crippen LogP contribution in [0.2, 0.25) is 0 Å². The van der Waals surface area contributed by atoms with Gasteiger partial charge in [0.05, 0.1) is 11.6 Å². The number of aryl methyl sites for hydroxylation is 1. The third-order valence-corrected chi connectivity index (χ3v) is 4.54. The van der Waals surface area contributed by atoms with E-state index in [0.717, 1.165) is 15.7 Å². The quantitative estimate of drug-likeness (QED) is 0.853. The van der Waals surface area contributed by atoms with E-state index in [1.807, 2.05) is 32.0 Å². The second-order valence-corrected chi connectivity index (χ2v) is 6.37. The number of nitrogens with one attached hydrogen (secondary N) is 1. The third kappa shape index (κ3) is 3.75. The Morgan fingerprint density at radius 3 is 2.76 bits per heavy atom. The summed E-state index contributed by atoms with van der Waals surface area (Å²) in [6.07, 6.45) is 1.000. The number of hydrogen-bond donors (Lipinski definition) is 2. The number of anilines is 1. The summed E-state index contributed by atoms with van der Waals surface area (Å²) < 4.78 is 0.828. The van der Waals surface area contributed by atoms with Gasteiger partial charge in [-0.15, -0.1) is 0 Å². The molecule has 0 aromatic heterocycles. The third-order valence-electron chi connectivity index (χ3n) is 3.85. The van der Waals surface area contributed by atoms with Crippen molar-refractivity contribution in [2.75, 3.05) is 11.9 Å². The number of carbonyl (C=O) groups is 2. The van der Waals surface area contributed by atoms with Crippen molar-refractivity contribution in [2.24, 2.45) is 5.92 Å². The van der Waals surface area contributed by atoms with Crippen LogP contribution in [0.4, 0.5) is 10.5 Å². The molecule has 0 bridgehead atoms. The minimum atomic E-state index is -0.775. The van der Waals surface area contributed by atoms with Crippen LogP contribution in [0.3, 0.4) is 0 Å². The number of likely N-dealkylation sites (tertiary alicyclic amines) is 1. The minimum absolute atomic E-state index is 0.0802. The molecular weight excluding hydrogens is 336 g/mol. The molecule has 2 N–H and O–H groups in total. The number of carboxylic acid groups (broad SMARTS) is 1. The Hall–Kier alpha value is -1.56. The largest absolute Gasteiger partial charge is 0.481 e. The van der Waals surface area contributed by atoms with E-state index in [-0.39, 0.29) is 18.0 Å². The van der Waals surface area contributed by atoms with Crippen LogP contribution >= 0.6 is 15.9 Å². The lowest BCUT2D eigenvalue weighted by Crippen LogP contribution is -2.47. The van der Waals surface area contributed by atoms with Crippen molar-refractivity contribution in [1.29, 1.82) is 0 Å². The van der Waals surface area contributed by atoms with Gasteiger partial charge in [0.25, 0.3) is 0 Å². The van der Waals surface area contributed by atoms with Crippen LogP contribution < -0.4 is 5.32 Å². The number of piperidine rings is 1. The molecule has 0 spiro atoms. The Bertz CT molecular complexity index is 562. The van der Waals surface area contributed by atoms with Gasteiger partial charge >= 0.3 is 12.0 Å². The summed E-state index contributed by atoms with van der Waals surface area (Å²) in [5.41, 5.74) is 1.79. The molecule has 6 heteroatoms. The summed E-state index contributed by atoms with van der Waals surface area (Å²) in [7, 11) is 0. The minimum Gasteiger partial charge on any atom is -0.481 e. The highest BCUT2D eigenvalue weighted by Gasteiger charge is 2.32. The molecule has 1 fully saturated rings. The van der Waals surface area contributed by atoms with Crippen LogP contribution in [0.5, 0.6) is 0 Å². The van der Waals surface area contributed by atoms with Crippen LogP contribution in [-0.2, 0) is 4.79 Å². The average molecular weight is 355 g/mol. The summed E-state index contributed by atoms with van der Waals surface area (Å²) in [6, 6.07) is 5.49. The molecule has 1 saturated heterocycles. The van der Waals surface area contributed by atoms with Crippen LogP contribution in [0, 0.1) is 12.8 Å². The van der Waals surface area contributed by atoms with Crippen LogP contribution in [0.15, 0.2) is 22.7 Å². The number of nitrogens with zero attached hydrogens (tertiary/aromatic N) is 1. The summed E-state index contributed by atoms with van der Waals surface area (Å²) >= 11 is 3.42. The number of halogens is 1. The molecule has 1 heterocycles. The second-order valence-electron chi connectivity index (χ2n) is 5.52. The molecule has 1 aromatic rings. The van der Waals surface area contributed by atoms with E-state index >= 15 is 0 Å². The Balaban J connectivity index is 2.04. The number of carbonyl (C=O) groups excluding carboxylic acids is 1. The van der Waals surface area contributed by atoms with E-state index in [1.165, 1.54) is 0 Å². The zero-order valence-electron chi connectivity index (χ0n) is 12.1. The first-order valence-corrected chi connectivity index (χ1v) is 7.74. The maximum Gasteiger partial charge on any atom is 0.322 e. The van der Waals surface area contributed by atoms with Gasteiger partial charge in [-0.25, -0.2) is 4.79 Å². The first kappa shape index (κ1) is 15.8. The molecule has 1 aliphatic heterocycles. The fourth-order valence-electron chi connectivity index (χ4n) is 2.62. The highest BCUT2D eigenvalue weighted by molar-refractivity contribution is 9.10. The lowest BCUT2D eigenvalue weighted by Gasteiger charge is -2.36. The van der Waals surface area contributed by atoms with Gasteiger partial charge in [0.2, 0.25) is 0 Å². The van der Waals surface area contributed by atoms with Crippen molar-refractivity contribution in [3.8, 4) is 0 Å². The fourth-order valence-corrected chi connectivity index (χ4v) is 2.97. The molecule has 2 rings (SSSR count). The van der Waals surface area contributed by atoms with Crippen molar-refractivity contribution in [3.05, 3.63) is 28.2 Å². The average Bonchev–Trinajstić information content (AvgIpc) is 2.42. The number of carboxylic acids is 1. The van der Waals surface area contributed by atoms with E-state index in [2.05, 4.69) is 21.2 Å². The van der Waals surface area contributed by atoms with Gasteiger partial charge in [-0.3, -0.25) is 4.79 Å². The first-order chi connectivity index (χ1) is 9.88. The zero-order chi connectivity index (χ0) is 15.6. The maximum atomic E-state index is 12.4. The number of benzene rings is 1. The topological polar surface area (TPSA) is 69.6 Å². The molecule has 0 radical (unpaired) electrons. The van der Waals surface area contributed by atoms with E-state index in [9.17, 15) is 9.59 Å². The molecule has 2 unspecified atom stereocenters. The van der Waals surface area contributed by atoms with Crippen LogP contribution in [0.1, 0.15) is 25.3 Å². The van der Waals surface area contributed by atoms with Gasteiger partial charge in [-0.2, -0.15) is 0 Å². The lowest BCUT2D eigenvalue weighted by atomic mass is 9.92. The molecule has 0 aliphatic carbocycles. The highest BCUT2D eigenvalue weighted by Crippen LogP contribution is 2.26. The molecule has 2 atom stereocenters. The second kappa shape index (κ2) is 6.47. The molecule has 1 aliphatic rings. The molecule has 1 aromatic carbocycles. The Labute approximate surface area is 132 Å². The highest BCUT2D eigenvalue weighted by atomic mass is 79.9. The predicted octanol–water partition coefficient (Wildman–Crippen LogP) is 3.47. The molecular formula is C15H19BrN2O3. The first-order valence-electron chi connectivity index (χ1n) is 6.95. The number of amides is 2. The van der Waals surface area contributed by atoms with Crippen molar-refractivity contribution in [1.82, 2.24) is 4.90 Å². The smallest absolute Gasteiger partial charge is 0.322 e. The molecule has 5 nitrogen and oxygen atoms in total. The predicted molar refractivity (Wildman–Crippen MR) is 84.4 cm³/mol. The summed E-state index contributed by atoms with van der Waals surface area (Å²) in [4.78, 5) is 25.1. The summed E-state index contributed by atoms with van der Waals surface area (Å²) in [5, 5.41) is 11.9. The monoisotopic (exact) mass is 354 g/mol. The SMILES string of the molecule is Cc1ccc(Br)c(NC(=O)N2CCC(C(=O)O)CC2C)c1. The molecule has 114 valence electrons. The van der Waals surface area contributed by atoms with Gasteiger partial charge < -0.3 is 15.3 Å². The number of urea groups is 1. The standard InChI is InChI=1S/C15H19BrN2O3/c1-9-3-4-12(16)13(7-9)17-15(21)18-6-5-11(14(19)20)8-10(18)2/h3-4,7,10-11H,5-6,8H2,1-2H3,(H,17,21)(H,19,20). The van der Waals surface area contributed by atoms with Crippen molar-refractivity contribution < 1.29 is 14.7 Å². The number of aliphatic carboxylic acids is 1. The number of rotatable bonds is 2. The van der Waals surface area contributed by atoms with E-state index in [4.69, 9.17) is 5.11 Å². The van der Waals surface area contributed by atoms with Gasteiger partial charge in [0.1, 0.15) is 0 Å². The van der Waals surface area contributed by atoms with E-state index in [0.29, 0.717) is 19.4 Å². The molecule has 0 saturated carbocycles. The van der Waals surface area contributed by atoms with E-state index < -0.39 is 5.97 Å². The maximum absolute atomic E-state index is 12.4. The zero-order valence-corrected chi connectivity index (χ0v) is 13.7. The van der Waals surface area contributed by atoms with Gasteiger partial charge in [0.15, 0.2) is 0 Å². The fraction of sp³-hybridized carbons (Fsp3) is 0.467. The van der Waals surface area contributed by atoms with Gasteiger partial charge in [-0.1, -0.05) is 6.07 Å². The Kier molecular flexibility index (Phi) is 4.88. The Morgan fingerprint density at radius 1 is 1.43 bits per heavy atom. The van der Waals surface area contributed by atoms with E-state index in [1.54, 1.807) is 4.90 Å². The van der Waals surface area contributed by atoms with Crippen LogP contribution in [-0.4, -0.2) is 34.6 Å². The van der Waals surface area contributed by atoms with Crippen molar-refractivity contribution in [3.63, 3.8) is 0 Å². The Morgan fingerprint density at radius 2 is 2.14 bits per heavy atom.